The van der Waals surface area contributed by atoms with Crippen LogP contribution in [0.3, 0.4) is 0 Å². The number of hydrogen-bond donors (Lipinski definition) is 1. The molecule has 0 radical (unpaired) electrons. The van der Waals surface area contributed by atoms with Crippen molar-refractivity contribution in [2.45, 2.75) is 19.4 Å². The SMILES string of the molecule is COCCCN1C(=O)/C(=C/c2cccc(OC)c2O[C@@H](C)C(=O)O)SC1=Nc1ccccc1. The number of benzene rings is 2. The zero-order valence-corrected chi connectivity index (χ0v) is 19.5. The number of carboxylic acid groups (broad SMARTS) is 1. The molecule has 8 nitrogen and oxygen atoms in total. The summed E-state index contributed by atoms with van der Waals surface area (Å²) in [6.07, 6.45) is 1.25. The van der Waals surface area contributed by atoms with Gasteiger partial charge in [0.25, 0.3) is 5.91 Å². The summed E-state index contributed by atoms with van der Waals surface area (Å²) in [5.74, 6) is -0.656. The highest BCUT2D eigenvalue weighted by molar-refractivity contribution is 8.18. The van der Waals surface area contributed by atoms with Crippen molar-refractivity contribution in [1.29, 1.82) is 0 Å². The predicted molar refractivity (Wildman–Crippen MR) is 128 cm³/mol. The first-order chi connectivity index (χ1) is 15.9. The summed E-state index contributed by atoms with van der Waals surface area (Å²) in [7, 11) is 3.09. The van der Waals surface area contributed by atoms with E-state index in [0.29, 0.717) is 41.0 Å². The normalized spacial score (nSPS) is 16.9. The second-order valence-corrected chi connectivity index (χ2v) is 8.13. The number of amides is 1. The van der Waals surface area contributed by atoms with Gasteiger partial charge in [0.15, 0.2) is 22.8 Å². The van der Waals surface area contributed by atoms with Crippen LogP contribution in [0.15, 0.2) is 58.4 Å². The van der Waals surface area contributed by atoms with E-state index in [-0.39, 0.29) is 11.7 Å². The van der Waals surface area contributed by atoms with E-state index in [9.17, 15) is 14.7 Å². The molecular weight excluding hydrogens is 444 g/mol. The summed E-state index contributed by atoms with van der Waals surface area (Å²) in [6.45, 7) is 2.41. The van der Waals surface area contributed by atoms with Gasteiger partial charge < -0.3 is 19.3 Å². The zero-order valence-electron chi connectivity index (χ0n) is 18.7. The molecule has 1 aliphatic rings. The number of aliphatic carboxylic acids is 1. The number of para-hydroxylation sites is 2. The summed E-state index contributed by atoms with van der Waals surface area (Å²) in [5.41, 5.74) is 1.28. The average molecular weight is 471 g/mol. The van der Waals surface area contributed by atoms with Crippen molar-refractivity contribution in [3.8, 4) is 11.5 Å². The second-order valence-electron chi connectivity index (χ2n) is 7.12. The van der Waals surface area contributed by atoms with E-state index in [2.05, 4.69) is 4.99 Å². The fraction of sp³-hybridized carbons (Fsp3) is 0.292. The lowest BCUT2D eigenvalue weighted by atomic mass is 10.1. The standard InChI is InChI=1S/C24H26N2O6S/c1-16(23(28)29)32-21-17(9-7-12-19(21)31-3)15-20-22(27)26(13-8-14-30-2)24(33-20)25-18-10-5-4-6-11-18/h4-7,9-12,15-16H,8,13-14H2,1-3H3,(H,28,29)/b20-15-,25-24?/t16-/m0/s1. The second kappa shape index (κ2) is 11.5. The van der Waals surface area contributed by atoms with Gasteiger partial charge in [-0.2, -0.15) is 0 Å². The highest BCUT2D eigenvalue weighted by atomic mass is 32.2. The molecule has 1 amide bonds. The summed E-state index contributed by atoms with van der Waals surface area (Å²) in [5, 5.41) is 9.83. The van der Waals surface area contributed by atoms with Crippen LogP contribution in [0.2, 0.25) is 0 Å². The summed E-state index contributed by atoms with van der Waals surface area (Å²) in [6, 6.07) is 14.6. The molecular formula is C24H26N2O6S. The Labute approximate surface area is 196 Å². The molecule has 1 aliphatic heterocycles. The summed E-state index contributed by atoms with van der Waals surface area (Å²) < 4.78 is 16.1. The molecule has 0 saturated carbocycles. The Balaban J connectivity index is 1.98. The van der Waals surface area contributed by atoms with E-state index in [1.807, 2.05) is 30.3 Å². The van der Waals surface area contributed by atoms with E-state index in [1.54, 1.807) is 36.3 Å². The Bertz CT molecular complexity index is 1050. The molecule has 0 aliphatic carbocycles. The van der Waals surface area contributed by atoms with E-state index in [0.717, 1.165) is 5.69 Å². The van der Waals surface area contributed by atoms with Gasteiger partial charge >= 0.3 is 5.97 Å². The van der Waals surface area contributed by atoms with Crippen molar-refractivity contribution in [2.75, 3.05) is 27.4 Å². The van der Waals surface area contributed by atoms with Crippen molar-refractivity contribution < 1.29 is 28.9 Å². The Morgan fingerprint density at radius 3 is 2.61 bits per heavy atom. The van der Waals surface area contributed by atoms with Crippen LogP contribution in [-0.2, 0) is 14.3 Å². The number of thioether (sulfide) groups is 1. The third-order valence-corrected chi connectivity index (χ3v) is 5.76. The predicted octanol–water partition coefficient (Wildman–Crippen LogP) is 4.19. The quantitative estimate of drug-likeness (QED) is 0.411. The number of ether oxygens (including phenoxy) is 3. The number of hydrogen-bond acceptors (Lipinski definition) is 7. The van der Waals surface area contributed by atoms with E-state index in [4.69, 9.17) is 14.2 Å². The van der Waals surface area contributed by atoms with Crippen LogP contribution in [0, 0.1) is 0 Å². The monoisotopic (exact) mass is 470 g/mol. The molecule has 1 N–H and O–H groups in total. The number of methoxy groups -OCH3 is 2. The van der Waals surface area contributed by atoms with Crippen LogP contribution in [0.25, 0.3) is 6.08 Å². The summed E-state index contributed by atoms with van der Waals surface area (Å²) in [4.78, 5) is 31.3. The van der Waals surface area contributed by atoms with Crippen LogP contribution in [0.5, 0.6) is 11.5 Å². The molecule has 1 fully saturated rings. The maximum atomic E-state index is 13.2. The molecule has 0 spiro atoms. The molecule has 1 heterocycles. The van der Waals surface area contributed by atoms with Gasteiger partial charge in [0, 0.05) is 25.8 Å². The number of aliphatic imine (C=N–C) groups is 1. The molecule has 2 aromatic rings. The van der Waals surface area contributed by atoms with Gasteiger partial charge in [-0.3, -0.25) is 9.69 Å². The molecule has 174 valence electrons. The van der Waals surface area contributed by atoms with Gasteiger partial charge in [-0.25, -0.2) is 9.79 Å². The highest BCUT2D eigenvalue weighted by Gasteiger charge is 2.33. The molecule has 0 unspecified atom stereocenters. The molecule has 1 saturated heterocycles. The van der Waals surface area contributed by atoms with Gasteiger partial charge in [0.2, 0.25) is 0 Å². The Morgan fingerprint density at radius 1 is 1.18 bits per heavy atom. The maximum absolute atomic E-state index is 13.2. The minimum Gasteiger partial charge on any atom is -0.493 e. The lowest BCUT2D eigenvalue weighted by Gasteiger charge is -2.16. The lowest BCUT2D eigenvalue weighted by Crippen LogP contribution is -2.30. The van der Waals surface area contributed by atoms with Crippen LogP contribution in [-0.4, -0.2) is 60.5 Å². The first-order valence-corrected chi connectivity index (χ1v) is 11.2. The van der Waals surface area contributed by atoms with Crippen LogP contribution < -0.4 is 9.47 Å². The topological polar surface area (TPSA) is 97.7 Å². The fourth-order valence-electron chi connectivity index (χ4n) is 3.07. The lowest BCUT2D eigenvalue weighted by molar-refractivity contribution is -0.144. The van der Waals surface area contributed by atoms with Crippen molar-refractivity contribution in [2.24, 2.45) is 4.99 Å². The summed E-state index contributed by atoms with van der Waals surface area (Å²) >= 11 is 1.26. The molecule has 0 aromatic heterocycles. The third-order valence-electron chi connectivity index (χ3n) is 4.76. The van der Waals surface area contributed by atoms with E-state index < -0.39 is 12.1 Å². The van der Waals surface area contributed by atoms with Crippen molar-refractivity contribution in [3.05, 3.63) is 59.0 Å². The molecule has 1 atom stereocenters. The van der Waals surface area contributed by atoms with Gasteiger partial charge in [-0.1, -0.05) is 30.3 Å². The molecule has 2 aromatic carbocycles. The number of amidine groups is 1. The van der Waals surface area contributed by atoms with Gasteiger partial charge in [-0.15, -0.1) is 0 Å². The van der Waals surface area contributed by atoms with E-state index in [1.165, 1.54) is 25.8 Å². The van der Waals surface area contributed by atoms with Crippen molar-refractivity contribution in [1.82, 2.24) is 4.90 Å². The van der Waals surface area contributed by atoms with Gasteiger partial charge in [0.05, 0.1) is 17.7 Å². The van der Waals surface area contributed by atoms with Crippen LogP contribution in [0.4, 0.5) is 5.69 Å². The number of nitrogens with zero attached hydrogens (tertiary/aromatic N) is 2. The average Bonchev–Trinajstić information content (AvgIpc) is 3.09. The zero-order chi connectivity index (χ0) is 23.8. The first kappa shape index (κ1) is 24.3. The largest absolute Gasteiger partial charge is 0.493 e. The van der Waals surface area contributed by atoms with Crippen LogP contribution in [0.1, 0.15) is 18.9 Å². The fourth-order valence-corrected chi connectivity index (χ4v) is 4.09. The number of rotatable bonds is 10. The minimum absolute atomic E-state index is 0.189. The number of carbonyl (C=O) groups is 2. The Morgan fingerprint density at radius 2 is 1.94 bits per heavy atom. The van der Waals surface area contributed by atoms with Gasteiger partial charge in [0.1, 0.15) is 0 Å². The molecule has 3 rings (SSSR count). The third kappa shape index (κ3) is 6.15. The van der Waals surface area contributed by atoms with Gasteiger partial charge in [-0.05, 0) is 49.4 Å². The maximum Gasteiger partial charge on any atom is 0.344 e. The number of carboxylic acids is 1. The minimum atomic E-state index is -1.10. The van der Waals surface area contributed by atoms with E-state index >= 15 is 0 Å². The number of carbonyl (C=O) groups excluding carboxylic acids is 1. The van der Waals surface area contributed by atoms with Crippen LogP contribution >= 0.6 is 11.8 Å². The van der Waals surface area contributed by atoms with Crippen molar-refractivity contribution in [3.63, 3.8) is 0 Å². The molecule has 9 heteroatoms. The van der Waals surface area contributed by atoms with Crippen molar-refractivity contribution >= 4 is 40.6 Å². The Hall–Kier alpha value is -3.30. The first-order valence-electron chi connectivity index (χ1n) is 10.3. The molecule has 0 bridgehead atoms. The smallest absolute Gasteiger partial charge is 0.344 e. The molecule has 33 heavy (non-hydrogen) atoms. The highest BCUT2D eigenvalue weighted by Crippen LogP contribution is 2.38. The Kier molecular flexibility index (Phi) is 8.51.